The quantitative estimate of drug-likeness (QED) is 0.528. The maximum absolute atomic E-state index is 12.7. The van der Waals surface area contributed by atoms with Crippen LogP contribution in [0.5, 0.6) is 0 Å². The van der Waals surface area contributed by atoms with E-state index in [1.807, 2.05) is 66.2 Å². The van der Waals surface area contributed by atoms with E-state index in [4.69, 9.17) is 11.6 Å². The van der Waals surface area contributed by atoms with E-state index >= 15 is 0 Å². The van der Waals surface area contributed by atoms with Crippen molar-refractivity contribution in [3.05, 3.63) is 88.1 Å². The van der Waals surface area contributed by atoms with E-state index in [0.29, 0.717) is 35.9 Å². The second-order valence-electron chi connectivity index (χ2n) is 7.10. The first kappa shape index (κ1) is 19.2. The van der Waals surface area contributed by atoms with Crippen LogP contribution in [0.1, 0.15) is 32.9 Å². The second kappa shape index (κ2) is 8.09. The zero-order valence-electron chi connectivity index (χ0n) is 16.4. The number of carbonyl (C=O) groups excluding carboxylic acids is 1. The summed E-state index contributed by atoms with van der Waals surface area (Å²) in [5.74, 6) is -0.216. The number of hydrogen-bond acceptors (Lipinski definition) is 3. The molecule has 3 aromatic heterocycles. The number of benzene rings is 1. The van der Waals surface area contributed by atoms with E-state index < -0.39 is 0 Å². The normalized spacial score (nSPS) is 11.1. The Balaban J connectivity index is 1.41. The van der Waals surface area contributed by atoms with Crippen LogP contribution < -0.4 is 5.32 Å². The lowest BCUT2D eigenvalue weighted by atomic mass is 10.1. The Bertz CT molecular complexity index is 1130. The highest BCUT2D eigenvalue weighted by atomic mass is 35.5. The molecule has 4 aromatic rings. The number of rotatable bonds is 6. The number of carbonyl (C=O) groups is 1. The molecular formula is C22H22ClN5O. The van der Waals surface area contributed by atoms with Crippen LogP contribution in [0, 0.1) is 13.8 Å². The summed E-state index contributed by atoms with van der Waals surface area (Å²) in [5.41, 5.74) is 5.14. The van der Waals surface area contributed by atoms with Gasteiger partial charge in [0.2, 0.25) is 0 Å². The van der Waals surface area contributed by atoms with Crippen LogP contribution in [0.2, 0.25) is 5.15 Å². The number of nitrogens with one attached hydrogen (secondary N) is 1. The van der Waals surface area contributed by atoms with Gasteiger partial charge in [0.1, 0.15) is 10.8 Å². The van der Waals surface area contributed by atoms with Crippen LogP contribution in [-0.4, -0.2) is 31.6 Å². The molecule has 0 spiro atoms. The lowest BCUT2D eigenvalue weighted by Gasteiger charge is -2.06. The van der Waals surface area contributed by atoms with Crippen LogP contribution in [0.25, 0.3) is 5.65 Å². The molecule has 6 nitrogen and oxygen atoms in total. The van der Waals surface area contributed by atoms with Crippen molar-refractivity contribution in [3.63, 3.8) is 0 Å². The number of imidazole rings is 1. The van der Waals surface area contributed by atoms with Crippen molar-refractivity contribution in [1.82, 2.24) is 24.5 Å². The van der Waals surface area contributed by atoms with Gasteiger partial charge >= 0.3 is 0 Å². The average molecular weight is 408 g/mol. The Morgan fingerprint density at radius 1 is 1.14 bits per heavy atom. The predicted molar refractivity (Wildman–Crippen MR) is 113 cm³/mol. The molecule has 0 saturated heterocycles. The first-order chi connectivity index (χ1) is 14.0. The first-order valence-corrected chi connectivity index (χ1v) is 9.88. The molecule has 0 unspecified atom stereocenters. The van der Waals surface area contributed by atoms with Gasteiger partial charge in [-0.1, -0.05) is 47.5 Å². The second-order valence-corrected chi connectivity index (χ2v) is 7.46. The molecule has 0 radical (unpaired) electrons. The third kappa shape index (κ3) is 4.17. The van der Waals surface area contributed by atoms with E-state index in [-0.39, 0.29) is 5.91 Å². The summed E-state index contributed by atoms with van der Waals surface area (Å²) in [6, 6.07) is 14.0. The average Bonchev–Trinajstić information content (AvgIpc) is 3.23. The van der Waals surface area contributed by atoms with Gasteiger partial charge in [-0.05, 0) is 31.5 Å². The minimum Gasteiger partial charge on any atom is -0.351 e. The highest BCUT2D eigenvalue weighted by molar-refractivity contribution is 6.33. The lowest BCUT2D eigenvalue weighted by Crippen LogP contribution is -2.26. The van der Waals surface area contributed by atoms with Crippen LogP contribution in [0.3, 0.4) is 0 Å². The molecular weight excluding hydrogens is 386 g/mol. The topological polar surface area (TPSA) is 64.2 Å². The van der Waals surface area contributed by atoms with Crippen LogP contribution >= 0.6 is 11.6 Å². The molecule has 148 valence electrons. The molecule has 0 atom stereocenters. The first-order valence-electron chi connectivity index (χ1n) is 9.50. The zero-order valence-corrected chi connectivity index (χ0v) is 17.1. The van der Waals surface area contributed by atoms with Crippen molar-refractivity contribution < 1.29 is 4.79 Å². The fourth-order valence-corrected chi connectivity index (χ4v) is 3.60. The van der Waals surface area contributed by atoms with Crippen molar-refractivity contribution in [1.29, 1.82) is 0 Å². The fraction of sp³-hybridized carbons (Fsp3) is 0.227. The minimum atomic E-state index is -0.216. The standard InChI is InChI=1S/C22H22ClN5O/c1-15-6-8-17(9-7-15)13-28-21(23)20(16(2)26-28)22(29)24-11-10-18-14-27-12-4-3-5-19(27)25-18/h3-9,12,14H,10-11,13H2,1-2H3,(H,24,29). The minimum absolute atomic E-state index is 0.216. The number of amides is 1. The van der Waals surface area contributed by atoms with Crippen molar-refractivity contribution in [2.75, 3.05) is 6.54 Å². The zero-order chi connectivity index (χ0) is 20.4. The summed E-state index contributed by atoms with van der Waals surface area (Å²) < 4.78 is 3.63. The molecule has 7 heteroatoms. The number of aromatic nitrogens is 4. The lowest BCUT2D eigenvalue weighted by molar-refractivity contribution is 0.0953. The molecule has 4 rings (SSSR count). The number of fused-ring (bicyclic) bond motifs is 1. The largest absolute Gasteiger partial charge is 0.351 e. The van der Waals surface area contributed by atoms with Gasteiger partial charge in [0, 0.05) is 25.4 Å². The number of aryl methyl sites for hydroxylation is 2. The Morgan fingerprint density at radius 3 is 2.69 bits per heavy atom. The molecule has 1 amide bonds. The van der Waals surface area contributed by atoms with Crippen molar-refractivity contribution in [2.24, 2.45) is 0 Å². The summed E-state index contributed by atoms with van der Waals surface area (Å²) in [4.78, 5) is 17.2. The van der Waals surface area contributed by atoms with Crippen molar-refractivity contribution in [3.8, 4) is 0 Å². The molecule has 0 fully saturated rings. The van der Waals surface area contributed by atoms with E-state index in [0.717, 1.165) is 16.9 Å². The third-order valence-corrected chi connectivity index (χ3v) is 5.21. The number of halogens is 1. The molecule has 0 aliphatic rings. The monoisotopic (exact) mass is 407 g/mol. The number of nitrogens with zero attached hydrogens (tertiary/aromatic N) is 4. The molecule has 1 aromatic carbocycles. The van der Waals surface area contributed by atoms with Gasteiger partial charge in [-0.15, -0.1) is 0 Å². The summed E-state index contributed by atoms with van der Waals surface area (Å²) in [6.07, 6.45) is 4.57. The van der Waals surface area contributed by atoms with Crippen LogP contribution in [0.15, 0.2) is 54.9 Å². The highest BCUT2D eigenvalue weighted by Crippen LogP contribution is 2.21. The van der Waals surface area contributed by atoms with Gasteiger partial charge in [-0.2, -0.15) is 5.10 Å². The van der Waals surface area contributed by atoms with E-state index in [1.54, 1.807) is 11.6 Å². The van der Waals surface area contributed by atoms with Crippen LogP contribution in [0.4, 0.5) is 0 Å². The highest BCUT2D eigenvalue weighted by Gasteiger charge is 2.20. The SMILES string of the molecule is Cc1ccc(Cn2nc(C)c(C(=O)NCCc3cn4ccccc4n3)c2Cl)cc1. The summed E-state index contributed by atoms with van der Waals surface area (Å²) in [6.45, 7) is 4.84. The molecule has 0 bridgehead atoms. The molecule has 0 aliphatic heterocycles. The Labute approximate surface area is 174 Å². The molecule has 0 aliphatic carbocycles. The van der Waals surface area contributed by atoms with Gasteiger partial charge in [-0.3, -0.25) is 4.79 Å². The molecule has 0 saturated carbocycles. The van der Waals surface area contributed by atoms with Gasteiger partial charge < -0.3 is 9.72 Å². The number of hydrogen-bond donors (Lipinski definition) is 1. The van der Waals surface area contributed by atoms with E-state index in [1.165, 1.54) is 5.56 Å². The van der Waals surface area contributed by atoms with E-state index in [2.05, 4.69) is 15.4 Å². The smallest absolute Gasteiger partial charge is 0.256 e. The maximum Gasteiger partial charge on any atom is 0.256 e. The van der Waals surface area contributed by atoms with E-state index in [9.17, 15) is 4.79 Å². The number of pyridine rings is 1. The van der Waals surface area contributed by atoms with Gasteiger partial charge in [0.05, 0.1) is 23.5 Å². The van der Waals surface area contributed by atoms with Crippen molar-refractivity contribution in [2.45, 2.75) is 26.8 Å². The Hall–Kier alpha value is -3.12. The molecule has 29 heavy (non-hydrogen) atoms. The van der Waals surface area contributed by atoms with Crippen LogP contribution in [-0.2, 0) is 13.0 Å². The molecule has 1 N–H and O–H groups in total. The van der Waals surface area contributed by atoms with Gasteiger partial charge in [0.15, 0.2) is 0 Å². The predicted octanol–water partition coefficient (Wildman–Crippen LogP) is 3.82. The third-order valence-electron chi connectivity index (χ3n) is 4.83. The Morgan fingerprint density at radius 2 is 1.93 bits per heavy atom. The fourth-order valence-electron chi connectivity index (χ4n) is 3.28. The Kier molecular flexibility index (Phi) is 5.36. The van der Waals surface area contributed by atoms with Gasteiger partial charge in [-0.25, -0.2) is 9.67 Å². The molecule has 3 heterocycles. The summed E-state index contributed by atoms with van der Waals surface area (Å²) >= 11 is 6.48. The van der Waals surface area contributed by atoms with Gasteiger partial charge in [0.25, 0.3) is 5.91 Å². The maximum atomic E-state index is 12.7. The summed E-state index contributed by atoms with van der Waals surface area (Å²) in [5, 5.41) is 7.74. The van der Waals surface area contributed by atoms with Crippen molar-refractivity contribution >= 4 is 23.2 Å². The summed E-state index contributed by atoms with van der Waals surface area (Å²) in [7, 11) is 0.